The van der Waals surface area contributed by atoms with Gasteiger partial charge in [-0.25, -0.2) is 8.42 Å². The topological polar surface area (TPSA) is 71.4 Å². The highest BCUT2D eigenvalue weighted by atomic mass is 32.2. The summed E-state index contributed by atoms with van der Waals surface area (Å²) in [5.74, 6) is -1.82. The van der Waals surface area contributed by atoms with E-state index in [0.717, 1.165) is 18.2 Å². The predicted molar refractivity (Wildman–Crippen MR) is 62.8 cm³/mol. The molecule has 110 valence electrons. The molecule has 0 radical (unpaired) electrons. The fourth-order valence-corrected chi connectivity index (χ4v) is 3.98. The van der Waals surface area contributed by atoms with Crippen LogP contribution in [0.3, 0.4) is 0 Å². The number of hydrogen-bond acceptors (Lipinski definition) is 3. The minimum Gasteiger partial charge on any atom is -0.481 e. The fourth-order valence-electron chi connectivity index (χ4n) is 2.06. The molecule has 0 atom stereocenters. The smallest absolute Gasteiger partial charge is 0.416 e. The Morgan fingerprint density at radius 3 is 2.35 bits per heavy atom. The van der Waals surface area contributed by atoms with E-state index in [1.807, 2.05) is 0 Å². The molecule has 1 aromatic carbocycles. The maximum absolute atomic E-state index is 12.5. The highest BCUT2D eigenvalue weighted by Gasteiger charge is 2.43. The Bertz CT molecular complexity index is 630. The third-order valence-corrected chi connectivity index (χ3v) is 5.55. The van der Waals surface area contributed by atoms with Crippen LogP contribution < -0.4 is 0 Å². The first kappa shape index (κ1) is 14.8. The van der Waals surface area contributed by atoms with Gasteiger partial charge >= 0.3 is 12.1 Å². The molecule has 1 saturated carbocycles. The molecule has 4 nitrogen and oxygen atoms in total. The average Bonchev–Trinajstić information content (AvgIpc) is 2.25. The standard InChI is InChI=1S/C12H11F3O4S/c13-12(14,15)8-2-1-3-9(6-8)20(18,19)10-4-7(5-10)11(16)17/h1-3,6-7,10H,4-5H2,(H,16,17). The van der Waals surface area contributed by atoms with Crippen LogP contribution in [0.1, 0.15) is 18.4 Å². The summed E-state index contributed by atoms with van der Waals surface area (Å²) < 4.78 is 61.8. The van der Waals surface area contributed by atoms with Gasteiger partial charge in [-0.3, -0.25) is 4.79 Å². The van der Waals surface area contributed by atoms with Crippen LogP contribution in [0.5, 0.6) is 0 Å². The van der Waals surface area contributed by atoms with Crippen molar-refractivity contribution in [2.75, 3.05) is 0 Å². The van der Waals surface area contributed by atoms with Gasteiger partial charge in [0, 0.05) is 0 Å². The van der Waals surface area contributed by atoms with Crippen LogP contribution in [0.2, 0.25) is 0 Å². The lowest BCUT2D eigenvalue weighted by Crippen LogP contribution is -2.39. The van der Waals surface area contributed by atoms with E-state index in [2.05, 4.69) is 0 Å². The monoisotopic (exact) mass is 308 g/mol. The predicted octanol–water partition coefficient (Wildman–Crippen LogP) is 2.34. The van der Waals surface area contributed by atoms with E-state index in [1.54, 1.807) is 0 Å². The Labute approximate surface area is 113 Å². The summed E-state index contributed by atoms with van der Waals surface area (Å²) in [6, 6.07) is 3.50. The molecule has 1 N–H and O–H groups in total. The first-order valence-corrected chi connectivity index (χ1v) is 7.31. The molecule has 1 fully saturated rings. The van der Waals surface area contributed by atoms with Crippen molar-refractivity contribution >= 4 is 15.8 Å². The van der Waals surface area contributed by atoms with Crippen molar-refractivity contribution in [1.82, 2.24) is 0 Å². The fraction of sp³-hybridized carbons (Fsp3) is 0.417. The van der Waals surface area contributed by atoms with Gasteiger partial charge in [-0.05, 0) is 31.0 Å². The molecule has 0 aliphatic heterocycles. The summed E-state index contributed by atoms with van der Waals surface area (Å²) >= 11 is 0. The summed E-state index contributed by atoms with van der Waals surface area (Å²) in [5, 5.41) is 7.77. The van der Waals surface area contributed by atoms with Gasteiger partial charge in [-0.1, -0.05) is 6.07 Å². The number of halogens is 3. The number of rotatable bonds is 3. The summed E-state index contributed by atoms with van der Waals surface area (Å²) in [6.45, 7) is 0. The van der Waals surface area contributed by atoms with Crippen LogP contribution in [-0.2, 0) is 20.8 Å². The SMILES string of the molecule is O=C(O)C1CC(S(=O)(=O)c2cccc(C(F)(F)F)c2)C1. The van der Waals surface area contributed by atoms with Crippen molar-refractivity contribution < 1.29 is 31.5 Å². The highest BCUT2D eigenvalue weighted by Crippen LogP contribution is 2.38. The van der Waals surface area contributed by atoms with E-state index in [4.69, 9.17) is 5.11 Å². The Morgan fingerprint density at radius 2 is 1.85 bits per heavy atom. The van der Waals surface area contributed by atoms with E-state index in [0.29, 0.717) is 6.07 Å². The lowest BCUT2D eigenvalue weighted by molar-refractivity contribution is -0.144. The molecule has 8 heteroatoms. The van der Waals surface area contributed by atoms with Gasteiger partial charge < -0.3 is 5.11 Å². The number of alkyl halides is 3. The number of carboxylic acids is 1. The number of carbonyl (C=O) groups is 1. The molecule has 0 amide bonds. The third kappa shape index (κ3) is 2.65. The zero-order valence-corrected chi connectivity index (χ0v) is 10.9. The molecule has 0 spiro atoms. The number of carboxylic acid groups (broad SMARTS) is 1. The molecular formula is C12H11F3O4S. The quantitative estimate of drug-likeness (QED) is 0.930. The van der Waals surface area contributed by atoms with E-state index < -0.39 is 43.6 Å². The van der Waals surface area contributed by atoms with Crippen molar-refractivity contribution in [3.63, 3.8) is 0 Å². The van der Waals surface area contributed by atoms with Crippen molar-refractivity contribution in [2.24, 2.45) is 5.92 Å². The largest absolute Gasteiger partial charge is 0.481 e. The second-order valence-corrected chi connectivity index (χ2v) is 6.93. The molecule has 0 heterocycles. The van der Waals surface area contributed by atoms with E-state index in [1.165, 1.54) is 0 Å². The van der Waals surface area contributed by atoms with Crippen LogP contribution in [0.15, 0.2) is 29.2 Å². The van der Waals surface area contributed by atoms with E-state index in [-0.39, 0.29) is 12.8 Å². The van der Waals surface area contributed by atoms with Crippen molar-refractivity contribution in [2.45, 2.75) is 29.2 Å². The van der Waals surface area contributed by atoms with E-state index >= 15 is 0 Å². The summed E-state index contributed by atoms with van der Waals surface area (Å²) in [7, 11) is -3.91. The van der Waals surface area contributed by atoms with Crippen LogP contribution in [0.25, 0.3) is 0 Å². The van der Waals surface area contributed by atoms with Gasteiger partial charge in [0.25, 0.3) is 0 Å². The number of benzene rings is 1. The normalized spacial score (nSPS) is 23.1. The van der Waals surface area contributed by atoms with Gasteiger partial charge in [0.15, 0.2) is 9.84 Å². The lowest BCUT2D eigenvalue weighted by Gasteiger charge is -2.31. The Kier molecular flexibility index (Phi) is 3.53. The molecule has 20 heavy (non-hydrogen) atoms. The third-order valence-electron chi connectivity index (χ3n) is 3.37. The van der Waals surface area contributed by atoms with Gasteiger partial charge in [0.05, 0.1) is 21.6 Å². The van der Waals surface area contributed by atoms with Gasteiger partial charge in [0.2, 0.25) is 0 Å². The Balaban J connectivity index is 2.26. The van der Waals surface area contributed by atoms with Gasteiger partial charge in [-0.2, -0.15) is 13.2 Å². The number of sulfone groups is 1. The first-order chi connectivity index (χ1) is 9.12. The second-order valence-electron chi connectivity index (χ2n) is 4.70. The molecule has 0 saturated heterocycles. The van der Waals surface area contributed by atoms with Crippen LogP contribution >= 0.6 is 0 Å². The molecule has 0 unspecified atom stereocenters. The summed E-state index contributed by atoms with van der Waals surface area (Å²) in [4.78, 5) is 10.2. The van der Waals surface area contributed by atoms with Crippen molar-refractivity contribution in [3.05, 3.63) is 29.8 Å². The zero-order chi connectivity index (χ0) is 15.1. The minimum absolute atomic E-state index is 0.0616. The molecule has 1 aliphatic rings. The number of hydrogen-bond donors (Lipinski definition) is 1. The van der Waals surface area contributed by atoms with E-state index in [9.17, 15) is 26.4 Å². The molecule has 1 aliphatic carbocycles. The maximum atomic E-state index is 12.5. The first-order valence-electron chi connectivity index (χ1n) is 5.76. The van der Waals surface area contributed by atoms with Crippen molar-refractivity contribution in [1.29, 1.82) is 0 Å². The lowest BCUT2D eigenvalue weighted by atomic mass is 9.85. The molecular weight excluding hydrogens is 297 g/mol. The van der Waals surface area contributed by atoms with Gasteiger partial charge in [-0.15, -0.1) is 0 Å². The number of aliphatic carboxylic acids is 1. The average molecular weight is 308 g/mol. The zero-order valence-electron chi connectivity index (χ0n) is 10.1. The highest BCUT2D eigenvalue weighted by molar-refractivity contribution is 7.92. The molecule has 1 aromatic rings. The second kappa shape index (κ2) is 4.76. The molecule has 0 bridgehead atoms. The Morgan fingerprint density at radius 1 is 1.25 bits per heavy atom. The van der Waals surface area contributed by atoms with Crippen LogP contribution in [-0.4, -0.2) is 24.7 Å². The minimum atomic E-state index is -4.62. The van der Waals surface area contributed by atoms with Crippen LogP contribution in [0, 0.1) is 5.92 Å². The molecule has 0 aromatic heterocycles. The van der Waals surface area contributed by atoms with Crippen LogP contribution in [0.4, 0.5) is 13.2 Å². The van der Waals surface area contributed by atoms with Gasteiger partial charge in [0.1, 0.15) is 0 Å². The summed E-state index contributed by atoms with van der Waals surface area (Å²) in [6.07, 6.45) is -4.74. The maximum Gasteiger partial charge on any atom is 0.416 e. The molecule has 2 rings (SSSR count). The summed E-state index contributed by atoms with van der Waals surface area (Å²) in [5.41, 5.74) is -1.03. The van der Waals surface area contributed by atoms with Crippen molar-refractivity contribution in [3.8, 4) is 0 Å². The Hall–Kier alpha value is -1.57.